The summed E-state index contributed by atoms with van der Waals surface area (Å²) in [6.07, 6.45) is 0.604. The molecule has 3 amide bonds. The fourth-order valence-corrected chi connectivity index (χ4v) is 6.18. The molecule has 3 aromatic rings. The minimum Gasteiger partial charge on any atom is -0.385 e. The van der Waals surface area contributed by atoms with Crippen molar-refractivity contribution in [2.45, 2.75) is 13.3 Å². The normalized spacial score (nSPS) is 16.7. The van der Waals surface area contributed by atoms with Gasteiger partial charge in [-0.15, -0.1) is 0 Å². The van der Waals surface area contributed by atoms with Gasteiger partial charge >= 0.3 is 0 Å². The van der Waals surface area contributed by atoms with Crippen LogP contribution in [0.5, 0.6) is 0 Å². The van der Waals surface area contributed by atoms with Crippen molar-refractivity contribution in [3.63, 3.8) is 0 Å². The number of nitrogens with zero attached hydrogens (tertiary/aromatic N) is 4. The second-order valence-corrected chi connectivity index (χ2v) is 10.9. The van der Waals surface area contributed by atoms with Crippen molar-refractivity contribution in [1.82, 2.24) is 14.3 Å². The van der Waals surface area contributed by atoms with Crippen LogP contribution in [0.15, 0.2) is 64.3 Å². The van der Waals surface area contributed by atoms with Gasteiger partial charge in [-0.25, -0.2) is 4.68 Å². The highest BCUT2D eigenvalue weighted by atomic mass is 32.2. The molecule has 0 radical (unpaired) electrons. The zero-order valence-electron chi connectivity index (χ0n) is 22.2. The number of thiocarbonyl (C=S) groups is 1. The number of anilines is 2. The molecule has 10 nitrogen and oxygen atoms in total. The summed E-state index contributed by atoms with van der Waals surface area (Å²) >= 11 is 6.52. The molecule has 1 N–H and O–H groups in total. The first-order valence-electron chi connectivity index (χ1n) is 12.6. The van der Waals surface area contributed by atoms with E-state index in [-0.39, 0.29) is 34.2 Å². The number of thioether (sulfide) groups is 1. The van der Waals surface area contributed by atoms with Gasteiger partial charge in [0.2, 0.25) is 5.91 Å². The van der Waals surface area contributed by atoms with E-state index in [1.165, 1.54) is 14.5 Å². The molecule has 1 aromatic heterocycles. The smallest absolute Gasteiger partial charge is 0.295 e. The predicted molar refractivity (Wildman–Crippen MR) is 158 cm³/mol. The van der Waals surface area contributed by atoms with Gasteiger partial charge in [-0.2, -0.15) is 0 Å². The van der Waals surface area contributed by atoms with Crippen LogP contribution in [0.2, 0.25) is 0 Å². The summed E-state index contributed by atoms with van der Waals surface area (Å²) in [5.41, 5.74) is 2.25. The lowest BCUT2D eigenvalue weighted by molar-refractivity contribution is -0.122. The standard InChI is InChI=1S/C28H27N5O5S2/c1-17-23(26(36)33(30(17)2)18-10-5-4-6-11-18)29-21(34)16-32-20-13-8-7-12-19(20)22(25(32)35)24-27(37)31(28(39)40-24)14-9-15-38-3/h4-8,10-13H,9,14-16H2,1-3H3,(H,29,34). The van der Waals surface area contributed by atoms with Gasteiger partial charge in [-0.3, -0.25) is 33.7 Å². The lowest BCUT2D eigenvalue weighted by atomic mass is 10.1. The highest BCUT2D eigenvalue weighted by Crippen LogP contribution is 2.44. The first-order valence-corrected chi connectivity index (χ1v) is 13.8. The Bertz CT molecular complexity index is 1630. The van der Waals surface area contributed by atoms with Crippen LogP contribution >= 0.6 is 24.0 Å². The number of methoxy groups -OCH3 is 1. The van der Waals surface area contributed by atoms with E-state index in [0.717, 1.165) is 11.8 Å². The second-order valence-electron chi connectivity index (χ2n) is 9.27. The van der Waals surface area contributed by atoms with E-state index in [0.29, 0.717) is 46.5 Å². The highest BCUT2D eigenvalue weighted by molar-refractivity contribution is 8.26. The molecule has 0 bridgehead atoms. The molecule has 1 fully saturated rings. The molecule has 40 heavy (non-hydrogen) atoms. The number of amides is 3. The van der Waals surface area contributed by atoms with Gasteiger partial charge in [0, 0.05) is 32.9 Å². The van der Waals surface area contributed by atoms with E-state index >= 15 is 0 Å². The van der Waals surface area contributed by atoms with Gasteiger partial charge < -0.3 is 10.1 Å². The quantitative estimate of drug-likeness (QED) is 0.249. The van der Waals surface area contributed by atoms with Crippen LogP contribution < -0.4 is 15.8 Å². The zero-order chi connectivity index (χ0) is 28.6. The summed E-state index contributed by atoms with van der Waals surface area (Å²) in [6.45, 7) is 2.26. The Morgan fingerprint density at radius 3 is 2.42 bits per heavy atom. The third-order valence-electron chi connectivity index (χ3n) is 6.85. The molecule has 0 atom stereocenters. The molecular weight excluding hydrogens is 550 g/mol. The number of fused-ring (bicyclic) bond motifs is 1. The van der Waals surface area contributed by atoms with Crippen molar-refractivity contribution in [2.24, 2.45) is 7.05 Å². The topological polar surface area (TPSA) is 106 Å². The predicted octanol–water partition coefficient (Wildman–Crippen LogP) is 3.08. The number of aromatic nitrogens is 2. The molecular formula is C28H27N5O5S2. The number of hydrogen-bond acceptors (Lipinski definition) is 7. The molecule has 1 saturated heterocycles. The fraction of sp³-hybridized carbons (Fsp3) is 0.250. The Labute approximate surface area is 240 Å². The van der Waals surface area contributed by atoms with Gasteiger partial charge in [0.1, 0.15) is 16.6 Å². The molecule has 0 spiro atoms. The Morgan fingerprint density at radius 2 is 1.70 bits per heavy atom. The first kappa shape index (κ1) is 27.6. The molecule has 5 rings (SSSR count). The number of para-hydroxylation sites is 2. The number of carbonyl (C=O) groups excluding carboxylic acids is 3. The van der Waals surface area contributed by atoms with E-state index in [4.69, 9.17) is 17.0 Å². The van der Waals surface area contributed by atoms with Crippen LogP contribution in [0.25, 0.3) is 11.3 Å². The van der Waals surface area contributed by atoms with Gasteiger partial charge in [0.05, 0.1) is 27.5 Å². The van der Waals surface area contributed by atoms with E-state index in [1.54, 1.807) is 62.2 Å². The molecule has 3 heterocycles. The minimum absolute atomic E-state index is 0.133. The van der Waals surface area contributed by atoms with Gasteiger partial charge in [-0.05, 0) is 31.5 Å². The van der Waals surface area contributed by atoms with E-state index < -0.39 is 11.8 Å². The summed E-state index contributed by atoms with van der Waals surface area (Å²) in [6, 6.07) is 16.1. The summed E-state index contributed by atoms with van der Waals surface area (Å²) < 4.78 is 8.58. The Morgan fingerprint density at radius 1 is 1.00 bits per heavy atom. The van der Waals surface area contributed by atoms with Gasteiger partial charge in [-0.1, -0.05) is 60.4 Å². The Hall–Kier alpha value is -4.00. The zero-order valence-corrected chi connectivity index (χ0v) is 23.8. The summed E-state index contributed by atoms with van der Waals surface area (Å²) in [7, 11) is 3.32. The molecule has 2 aliphatic rings. The van der Waals surface area contributed by atoms with Crippen molar-refractivity contribution >= 4 is 63.0 Å². The Kier molecular flexibility index (Phi) is 7.74. The van der Waals surface area contributed by atoms with Crippen LogP contribution in [0.3, 0.4) is 0 Å². The molecule has 2 aliphatic heterocycles. The van der Waals surface area contributed by atoms with E-state index in [1.807, 2.05) is 18.2 Å². The summed E-state index contributed by atoms with van der Waals surface area (Å²) in [5, 5.41) is 2.71. The largest absolute Gasteiger partial charge is 0.385 e. The first-order chi connectivity index (χ1) is 19.2. The number of rotatable bonds is 8. The maximum Gasteiger partial charge on any atom is 0.295 e. The van der Waals surface area contributed by atoms with E-state index in [2.05, 4.69) is 5.32 Å². The molecule has 206 valence electrons. The molecule has 0 aliphatic carbocycles. The maximum atomic E-state index is 13.7. The molecule has 2 aromatic carbocycles. The maximum absolute atomic E-state index is 13.7. The van der Waals surface area contributed by atoms with Crippen LogP contribution in [-0.4, -0.2) is 63.1 Å². The van der Waals surface area contributed by atoms with Crippen molar-refractivity contribution < 1.29 is 19.1 Å². The third kappa shape index (κ3) is 4.78. The SMILES string of the molecule is COCCCN1C(=O)C(=C2C(=O)N(CC(=O)Nc3c(C)n(C)n(-c4ccccc4)c3=O)c3ccccc32)SC1=S. The summed E-state index contributed by atoms with van der Waals surface area (Å²) in [5.74, 6) is -1.35. The van der Waals surface area contributed by atoms with Crippen molar-refractivity contribution in [3.05, 3.63) is 81.1 Å². The van der Waals surface area contributed by atoms with Crippen LogP contribution in [0.4, 0.5) is 11.4 Å². The minimum atomic E-state index is -0.539. The fourth-order valence-electron chi connectivity index (χ4n) is 4.80. The van der Waals surface area contributed by atoms with E-state index in [9.17, 15) is 19.2 Å². The molecule has 12 heteroatoms. The monoisotopic (exact) mass is 577 g/mol. The van der Waals surface area contributed by atoms with Gasteiger partial charge in [0.15, 0.2) is 0 Å². The van der Waals surface area contributed by atoms with Crippen molar-refractivity contribution in [2.75, 3.05) is 37.0 Å². The van der Waals surface area contributed by atoms with Crippen molar-refractivity contribution in [1.29, 1.82) is 0 Å². The van der Waals surface area contributed by atoms with Crippen molar-refractivity contribution in [3.8, 4) is 5.69 Å². The molecule has 0 saturated carbocycles. The number of ether oxygens (including phenoxy) is 1. The number of carbonyl (C=O) groups is 3. The number of nitrogens with one attached hydrogen (secondary N) is 1. The average Bonchev–Trinajstić information content (AvgIpc) is 3.46. The number of hydrogen-bond donors (Lipinski definition) is 1. The average molecular weight is 578 g/mol. The van der Waals surface area contributed by atoms with Gasteiger partial charge in [0.25, 0.3) is 17.4 Å². The number of benzene rings is 2. The third-order valence-corrected chi connectivity index (χ3v) is 8.30. The second kappa shape index (κ2) is 11.2. The highest BCUT2D eigenvalue weighted by Gasteiger charge is 2.42. The lowest BCUT2D eigenvalue weighted by Gasteiger charge is -2.16. The van der Waals surface area contributed by atoms with Crippen LogP contribution in [-0.2, 0) is 26.2 Å². The molecule has 0 unspecified atom stereocenters. The Balaban J connectivity index is 1.42. The van der Waals surface area contributed by atoms with Crippen LogP contribution in [0, 0.1) is 6.92 Å². The van der Waals surface area contributed by atoms with Crippen LogP contribution in [0.1, 0.15) is 17.7 Å². The summed E-state index contributed by atoms with van der Waals surface area (Å²) in [4.78, 5) is 56.5. The lowest BCUT2D eigenvalue weighted by Crippen LogP contribution is -2.36.